The summed E-state index contributed by atoms with van der Waals surface area (Å²) in [5, 5.41) is 11.5. The average molecular weight is 353 g/mol. The molecule has 0 fully saturated rings. The summed E-state index contributed by atoms with van der Waals surface area (Å²) in [5.74, 6) is -0.313. The average Bonchev–Trinajstić information content (AvgIpc) is 2.64. The molecule has 0 N–H and O–H groups in total. The van der Waals surface area contributed by atoms with Crippen LogP contribution >= 0.6 is 0 Å². The Balaban J connectivity index is 1.77. The van der Waals surface area contributed by atoms with Crippen molar-refractivity contribution in [3.63, 3.8) is 0 Å². The van der Waals surface area contributed by atoms with Gasteiger partial charge in [-0.25, -0.2) is 9.78 Å². The third-order valence-electron chi connectivity index (χ3n) is 3.92. The molecule has 0 spiro atoms. The molecule has 0 saturated carbocycles. The van der Waals surface area contributed by atoms with E-state index in [1.54, 1.807) is 31.2 Å². The molecule has 0 bridgehead atoms. The standard InChI is InChI=1S/C18H15N3O5/c1-12-19-15-8-4-2-6-13(15)17(22)20(12)10-11-26-18(23)14-7-3-5-9-16(14)21(24)25/h2-9H,10-11H2,1H3. The number of nitro benzene ring substituents is 1. The Morgan fingerprint density at radius 2 is 1.88 bits per heavy atom. The molecule has 26 heavy (non-hydrogen) atoms. The van der Waals surface area contributed by atoms with Gasteiger partial charge in [-0.3, -0.25) is 19.5 Å². The van der Waals surface area contributed by atoms with Crippen molar-refractivity contribution in [2.45, 2.75) is 13.5 Å². The van der Waals surface area contributed by atoms with Gasteiger partial charge in [0, 0.05) is 6.07 Å². The van der Waals surface area contributed by atoms with Crippen LogP contribution < -0.4 is 5.56 Å². The highest BCUT2D eigenvalue weighted by molar-refractivity contribution is 5.93. The van der Waals surface area contributed by atoms with Crippen LogP contribution in [0.4, 0.5) is 5.69 Å². The zero-order chi connectivity index (χ0) is 18.7. The fraction of sp³-hybridized carbons (Fsp3) is 0.167. The molecule has 0 aliphatic heterocycles. The van der Waals surface area contributed by atoms with E-state index < -0.39 is 10.9 Å². The second-order valence-electron chi connectivity index (χ2n) is 5.54. The van der Waals surface area contributed by atoms with E-state index in [9.17, 15) is 19.7 Å². The van der Waals surface area contributed by atoms with Crippen molar-refractivity contribution in [2.75, 3.05) is 6.61 Å². The van der Waals surface area contributed by atoms with Gasteiger partial charge in [0.25, 0.3) is 11.2 Å². The molecule has 0 radical (unpaired) electrons. The van der Waals surface area contributed by atoms with Gasteiger partial charge in [-0.05, 0) is 25.1 Å². The number of carbonyl (C=O) groups excluding carboxylic acids is 1. The first kappa shape index (κ1) is 17.3. The largest absolute Gasteiger partial charge is 0.460 e. The predicted molar refractivity (Wildman–Crippen MR) is 94.1 cm³/mol. The quantitative estimate of drug-likeness (QED) is 0.396. The summed E-state index contributed by atoms with van der Waals surface area (Å²) < 4.78 is 6.53. The van der Waals surface area contributed by atoms with Gasteiger partial charge in [0.05, 0.1) is 22.4 Å². The number of hydrogen-bond acceptors (Lipinski definition) is 6. The zero-order valence-corrected chi connectivity index (χ0v) is 13.9. The van der Waals surface area contributed by atoms with Crippen LogP contribution in [0.1, 0.15) is 16.2 Å². The minimum absolute atomic E-state index is 0.106. The number of ether oxygens (including phenoxy) is 1. The maximum absolute atomic E-state index is 12.5. The van der Waals surface area contributed by atoms with Crippen LogP contribution in [-0.4, -0.2) is 27.1 Å². The van der Waals surface area contributed by atoms with Gasteiger partial charge >= 0.3 is 5.97 Å². The molecule has 1 aromatic heterocycles. The lowest BCUT2D eigenvalue weighted by molar-refractivity contribution is -0.385. The number of rotatable bonds is 5. The third-order valence-corrected chi connectivity index (χ3v) is 3.92. The summed E-state index contributed by atoms with van der Waals surface area (Å²) in [4.78, 5) is 39.3. The Hall–Kier alpha value is -3.55. The fourth-order valence-corrected chi connectivity index (χ4v) is 2.66. The van der Waals surface area contributed by atoms with Gasteiger partial charge < -0.3 is 4.74 Å². The van der Waals surface area contributed by atoms with Crippen LogP contribution in [0.25, 0.3) is 10.9 Å². The Bertz CT molecular complexity index is 1060. The number of hydrogen-bond donors (Lipinski definition) is 0. The number of esters is 1. The normalized spacial score (nSPS) is 10.7. The molecule has 3 aromatic rings. The van der Waals surface area contributed by atoms with Gasteiger partial charge in [-0.1, -0.05) is 24.3 Å². The molecule has 0 saturated heterocycles. The summed E-state index contributed by atoms with van der Waals surface area (Å²) in [7, 11) is 0. The minimum Gasteiger partial charge on any atom is -0.460 e. The molecule has 0 atom stereocenters. The van der Waals surface area contributed by atoms with E-state index in [2.05, 4.69) is 4.98 Å². The summed E-state index contributed by atoms with van der Waals surface area (Å²) >= 11 is 0. The molecule has 0 aliphatic rings. The van der Waals surface area contributed by atoms with Crippen molar-refractivity contribution >= 4 is 22.6 Å². The lowest BCUT2D eigenvalue weighted by atomic mass is 10.2. The van der Waals surface area contributed by atoms with E-state index in [1.165, 1.54) is 28.8 Å². The molecule has 0 unspecified atom stereocenters. The molecule has 0 amide bonds. The van der Waals surface area contributed by atoms with Crippen LogP contribution in [0, 0.1) is 17.0 Å². The van der Waals surface area contributed by atoms with Gasteiger partial charge in [0.1, 0.15) is 18.0 Å². The molecule has 2 aromatic carbocycles. The Morgan fingerprint density at radius 1 is 1.19 bits per heavy atom. The monoisotopic (exact) mass is 353 g/mol. The summed E-state index contributed by atoms with van der Waals surface area (Å²) in [6.07, 6.45) is 0. The van der Waals surface area contributed by atoms with Crippen molar-refractivity contribution in [3.8, 4) is 0 Å². The first-order valence-corrected chi connectivity index (χ1v) is 7.86. The lowest BCUT2D eigenvalue weighted by Gasteiger charge is -2.11. The van der Waals surface area contributed by atoms with Crippen LogP contribution in [0.2, 0.25) is 0 Å². The molecule has 3 rings (SSSR count). The minimum atomic E-state index is -0.809. The molecule has 8 nitrogen and oxygen atoms in total. The van der Waals surface area contributed by atoms with Crippen LogP contribution in [0.15, 0.2) is 53.3 Å². The molecule has 1 heterocycles. The number of para-hydroxylation sites is 2. The Morgan fingerprint density at radius 3 is 2.65 bits per heavy atom. The Labute approximate surface area is 147 Å². The molecule has 8 heteroatoms. The second-order valence-corrected chi connectivity index (χ2v) is 5.54. The van der Waals surface area contributed by atoms with Crippen LogP contribution in [0.5, 0.6) is 0 Å². The third kappa shape index (κ3) is 3.30. The van der Waals surface area contributed by atoms with Crippen molar-refractivity contribution in [1.82, 2.24) is 9.55 Å². The van der Waals surface area contributed by atoms with Crippen LogP contribution in [-0.2, 0) is 11.3 Å². The molecule has 132 valence electrons. The number of fused-ring (bicyclic) bond motifs is 1. The summed E-state index contributed by atoms with van der Waals surface area (Å²) in [6.45, 7) is 1.69. The van der Waals surface area contributed by atoms with E-state index in [-0.39, 0.29) is 30.0 Å². The van der Waals surface area contributed by atoms with Crippen molar-refractivity contribution in [2.24, 2.45) is 0 Å². The molecular weight excluding hydrogens is 338 g/mol. The highest BCUT2D eigenvalue weighted by Crippen LogP contribution is 2.18. The summed E-state index contributed by atoms with van der Waals surface area (Å²) in [5.41, 5.74) is -0.0746. The highest BCUT2D eigenvalue weighted by atomic mass is 16.6. The van der Waals surface area contributed by atoms with E-state index in [4.69, 9.17) is 4.74 Å². The first-order chi connectivity index (χ1) is 12.5. The number of aryl methyl sites for hydroxylation is 1. The van der Waals surface area contributed by atoms with Crippen LogP contribution in [0.3, 0.4) is 0 Å². The Kier molecular flexibility index (Phi) is 4.74. The number of nitro groups is 1. The fourth-order valence-electron chi connectivity index (χ4n) is 2.66. The number of benzene rings is 2. The van der Waals surface area contributed by atoms with Crippen molar-refractivity contribution in [3.05, 3.63) is 80.4 Å². The van der Waals surface area contributed by atoms with Gasteiger partial charge in [0.2, 0.25) is 0 Å². The lowest BCUT2D eigenvalue weighted by Crippen LogP contribution is -2.26. The number of nitrogens with zero attached hydrogens (tertiary/aromatic N) is 3. The summed E-state index contributed by atoms with van der Waals surface area (Å²) in [6, 6.07) is 12.5. The maximum atomic E-state index is 12.5. The number of aromatic nitrogens is 2. The zero-order valence-electron chi connectivity index (χ0n) is 13.9. The van der Waals surface area contributed by atoms with Crippen molar-refractivity contribution in [1.29, 1.82) is 0 Å². The SMILES string of the molecule is Cc1nc2ccccc2c(=O)n1CCOC(=O)c1ccccc1[N+](=O)[O-]. The van der Waals surface area contributed by atoms with E-state index >= 15 is 0 Å². The van der Waals surface area contributed by atoms with Gasteiger partial charge in [0.15, 0.2) is 0 Å². The maximum Gasteiger partial charge on any atom is 0.345 e. The van der Waals surface area contributed by atoms with E-state index in [0.29, 0.717) is 16.7 Å². The smallest absolute Gasteiger partial charge is 0.345 e. The topological polar surface area (TPSA) is 104 Å². The van der Waals surface area contributed by atoms with E-state index in [1.807, 2.05) is 0 Å². The molecule has 0 aliphatic carbocycles. The first-order valence-electron chi connectivity index (χ1n) is 7.86. The predicted octanol–water partition coefficient (Wildman–Crippen LogP) is 2.47. The molecular formula is C18H15N3O5. The highest BCUT2D eigenvalue weighted by Gasteiger charge is 2.20. The number of carbonyl (C=O) groups is 1. The second kappa shape index (κ2) is 7.14. The van der Waals surface area contributed by atoms with Gasteiger partial charge in [-0.15, -0.1) is 0 Å². The van der Waals surface area contributed by atoms with Crippen molar-refractivity contribution < 1.29 is 14.5 Å². The van der Waals surface area contributed by atoms with E-state index in [0.717, 1.165) is 0 Å². The van der Waals surface area contributed by atoms with Gasteiger partial charge in [-0.2, -0.15) is 0 Å².